The van der Waals surface area contributed by atoms with Crippen molar-refractivity contribution in [2.45, 2.75) is 39.2 Å². The highest BCUT2D eigenvalue weighted by Gasteiger charge is 2.27. The van der Waals surface area contributed by atoms with Crippen LogP contribution < -0.4 is 11.1 Å². The van der Waals surface area contributed by atoms with Crippen LogP contribution in [0.3, 0.4) is 0 Å². The van der Waals surface area contributed by atoms with Crippen LogP contribution in [0, 0.1) is 11.8 Å². The quantitative estimate of drug-likeness (QED) is 0.841. The molecule has 17 heavy (non-hydrogen) atoms. The van der Waals surface area contributed by atoms with Gasteiger partial charge in [0.1, 0.15) is 0 Å². The number of nitrogens with two attached hydrogens (primary N) is 1. The highest BCUT2D eigenvalue weighted by Crippen LogP contribution is 2.28. The van der Waals surface area contributed by atoms with E-state index in [1.807, 2.05) is 0 Å². The van der Waals surface area contributed by atoms with E-state index in [4.69, 9.17) is 5.73 Å². The molecule has 0 radical (unpaired) electrons. The first kappa shape index (κ1) is 12.3. The van der Waals surface area contributed by atoms with E-state index in [0.29, 0.717) is 16.1 Å². The molecule has 0 aliphatic heterocycles. The monoisotopic (exact) mass is 254 g/mol. The molecule has 3 atom stereocenters. The molecule has 1 aromatic rings. The topological polar surface area (TPSA) is 80.9 Å². The van der Waals surface area contributed by atoms with E-state index in [0.717, 1.165) is 23.7 Å². The van der Waals surface area contributed by atoms with E-state index in [1.165, 1.54) is 12.8 Å². The summed E-state index contributed by atoms with van der Waals surface area (Å²) in [7, 11) is 0. The zero-order valence-corrected chi connectivity index (χ0v) is 11.0. The van der Waals surface area contributed by atoms with Gasteiger partial charge in [0.05, 0.1) is 0 Å². The standard InChI is InChI=1S/C11H18N4OS/c1-6-3-4-8(7(2)5-6)13-9(16)10-14-15-11(12)17-10/h6-8H,3-5H2,1-2H3,(H2,12,15)(H,13,16). The lowest BCUT2D eigenvalue weighted by Crippen LogP contribution is -2.42. The molecule has 0 saturated heterocycles. The Hall–Kier alpha value is -1.17. The molecule has 3 N–H and O–H groups in total. The molecule has 0 aromatic carbocycles. The van der Waals surface area contributed by atoms with Gasteiger partial charge in [-0.1, -0.05) is 25.2 Å². The van der Waals surface area contributed by atoms with Crippen molar-refractivity contribution in [3.05, 3.63) is 5.01 Å². The molecule has 1 aliphatic rings. The van der Waals surface area contributed by atoms with Gasteiger partial charge in [-0.3, -0.25) is 4.79 Å². The highest BCUT2D eigenvalue weighted by atomic mass is 32.1. The fraction of sp³-hybridized carbons (Fsp3) is 0.727. The average Bonchev–Trinajstić information content (AvgIpc) is 2.69. The SMILES string of the molecule is CC1CCC(NC(=O)c2nnc(N)s2)C(C)C1. The summed E-state index contributed by atoms with van der Waals surface area (Å²) in [5.41, 5.74) is 5.46. The number of nitrogen functional groups attached to an aromatic ring is 1. The van der Waals surface area contributed by atoms with Crippen molar-refractivity contribution in [1.82, 2.24) is 15.5 Å². The van der Waals surface area contributed by atoms with Crippen LogP contribution in [0.15, 0.2) is 0 Å². The number of amides is 1. The molecule has 1 aromatic heterocycles. The summed E-state index contributed by atoms with van der Waals surface area (Å²) >= 11 is 1.13. The fourth-order valence-corrected chi connectivity index (χ4v) is 2.95. The summed E-state index contributed by atoms with van der Waals surface area (Å²) in [5.74, 6) is 1.13. The third-order valence-electron chi connectivity index (χ3n) is 3.38. The maximum absolute atomic E-state index is 11.9. The van der Waals surface area contributed by atoms with E-state index in [9.17, 15) is 4.79 Å². The Morgan fingerprint density at radius 1 is 1.41 bits per heavy atom. The van der Waals surface area contributed by atoms with E-state index in [2.05, 4.69) is 29.4 Å². The Labute approximate surface area is 105 Å². The summed E-state index contributed by atoms with van der Waals surface area (Å²) in [6.07, 6.45) is 3.39. The second-order valence-corrected chi connectivity index (χ2v) is 5.93. The molecule has 3 unspecified atom stereocenters. The predicted octanol–water partition coefficient (Wildman–Crippen LogP) is 1.67. The van der Waals surface area contributed by atoms with Crippen molar-refractivity contribution in [2.75, 3.05) is 5.73 Å². The number of carbonyl (C=O) groups excluding carboxylic acids is 1. The first-order valence-corrected chi connectivity index (χ1v) is 6.77. The van der Waals surface area contributed by atoms with E-state index in [1.54, 1.807) is 0 Å². The number of hydrogen-bond donors (Lipinski definition) is 2. The van der Waals surface area contributed by atoms with Gasteiger partial charge in [0.25, 0.3) is 5.91 Å². The first-order valence-electron chi connectivity index (χ1n) is 5.96. The number of rotatable bonds is 2. The number of nitrogens with zero attached hydrogens (tertiary/aromatic N) is 2. The van der Waals surface area contributed by atoms with E-state index >= 15 is 0 Å². The molecule has 1 saturated carbocycles. The van der Waals surface area contributed by atoms with Crippen LogP contribution in [0.1, 0.15) is 42.9 Å². The fourth-order valence-electron chi connectivity index (χ4n) is 2.44. The third-order valence-corrected chi connectivity index (χ3v) is 4.13. The minimum absolute atomic E-state index is 0.148. The van der Waals surface area contributed by atoms with Gasteiger partial charge in [0.15, 0.2) is 0 Å². The zero-order valence-electron chi connectivity index (χ0n) is 10.1. The Morgan fingerprint density at radius 3 is 2.76 bits per heavy atom. The van der Waals surface area contributed by atoms with Gasteiger partial charge in [-0.2, -0.15) is 0 Å². The van der Waals surface area contributed by atoms with Crippen LogP contribution in [-0.2, 0) is 0 Å². The molecule has 6 heteroatoms. The van der Waals surface area contributed by atoms with Crippen molar-refractivity contribution >= 4 is 22.4 Å². The third kappa shape index (κ3) is 2.94. The van der Waals surface area contributed by atoms with Crippen molar-refractivity contribution < 1.29 is 4.79 Å². The van der Waals surface area contributed by atoms with Crippen LogP contribution in [0.2, 0.25) is 0 Å². The van der Waals surface area contributed by atoms with Gasteiger partial charge in [-0.15, -0.1) is 10.2 Å². The highest BCUT2D eigenvalue weighted by molar-refractivity contribution is 7.16. The lowest BCUT2D eigenvalue weighted by atomic mass is 9.80. The molecule has 1 amide bonds. The lowest BCUT2D eigenvalue weighted by molar-refractivity contribution is 0.0898. The number of anilines is 1. The minimum atomic E-state index is -0.148. The Bertz CT molecular complexity index is 406. The number of nitrogens with one attached hydrogen (secondary N) is 1. The zero-order chi connectivity index (χ0) is 12.4. The summed E-state index contributed by atoms with van der Waals surface area (Å²) in [6.45, 7) is 4.45. The van der Waals surface area contributed by atoms with Gasteiger partial charge in [-0.05, 0) is 31.1 Å². The predicted molar refractivity (Wildman–Crippen MR) is 67.8 cm³/mol. The minimum Gasteiger partial charge on any atom is -0.374 e. The first-order chi connectivity index (χ1) is 8.06. The van der Waals surface area contributed by atoms with Gasteiger partial charge in [0, 0.05) is 6.04 Å². The van der Waals surface area contributed by atoms with Crippen LogP contribution in [0.5, 0.6) is 0 Å². The molecule has 94 valence electrons. The van der Waals surface area contributed by atoms with E-state index in [-0.39, 0.29) is 11.9 Å². The van der Waals surface area contributed by atoms with Crippen molar-refractivity contribution in [3.8, 4) is 0 Å². The molecule has 2 rings (SSSR count). The van der Waals surface area contributed by atoms with Crippen LogP contribution in [-0.4, -0.2) is 22.1 Å². The summed E-state index contributed by atoms with van der Waals surface area (Å²) in [5, 5.41) is 11.1. The summed E-state index contributed by atoms with van der Waals surface area (Å²) in [4.78, 5) is 11.9. The molecular weight excluding hydrogens is 236 g/mol. The van der Waals surface area contributed by atoms with Gasteiger partial charge in [-0.25, -0.2) is 0 Å². The van der Waals surface area contributed by atoms with Crippen LogP contribution >= 0.6 is 11.3 Å². The van der Waals surface area contributed by atoms with Crippen molar-refractivity contribution in [3.63, 3.8) is 0 Å². The maximum Gasteiger partial charge on any atom is 0.282 e. The van der Waals surface area contributed by atoms with Gasteiger partial charge in [0.2, 0.25) is 10.1 Å². The molecule has 1 aliphatic carbocycles. The lowest BCUT2D eigenvalue weighted by Gasteiger charge is -2.32. The molecule has 0 bridgehead atoms. The molecule has 1 fully saturated rings. The second kappa shape index (κ2) is 5.00. The Kier molecular flexibility index (Phi) is 3.61. The molecule has 1 heterocycles. The number of aromatic nitrogens is 2. The molecular formula is C11H18N4OS. The van der Waals surface area contributed by atoms with Crippen molar-refractivity contribution in [1.29, 1.82) is 0 Å². The average molecular weight is 254 g/mol. The van der Waals surface area contributed by atoms with Gasteiger partial charge >= 0.3 is 0 Å². The van der Waals surface area contributed by atoms with Crippen LogP contribution in [0.25, 0.3) is 0 Å². The normalized spacial score (nSPS) is 28.9. The molecule has 0 spiro atoms. The number of carbonyl (C=O) groups is 1. The van der Waals surface area contributed by atoms with E-state index < -0.39 is 0 Å². The Morgan fingerprint density at radius 2 is 2.18 bits per heavy atom. The second-order valence-electron chi connectivity index (χ2n) is 4.92. The number of hydrogen-bond acceptors (Lipinski definition) is 5. The summed E-state index contributed by atoms with van der Waals surface area (Å²) < 4.78 is 0. The van der Waals surface area contributed by atoms with Gasteiger partial charge < -0.3 is 11.1 Å². The smallest absolute Gasteiger partial charge is 0.282 e. The maximum atomic E-state index is 11.9. The Balaban J connectivity index is 1.95. The van der Waals surface area contributed by atoms with Crippen LogP contribution in [0.4, 0.5) is 5.13 Å². The molecule has 5 nitrogen and oxygen atoms in total. The summed E-state index contributed by atoms with van der Waals surface area (Å²) in [6, 6.07) is 0.254. The largest absolute Gasteiger partial charge is 0.374 e. The van der Waals surface area contributed by atoms with Crippen molar-refractivity contribution in [2.24, 2.45) is 11.8 Å².